The molecule has 0 atom stereocenters. The molecule has 0 unspecified atom stereocenters. The first-order valence-electron chi connectivity index (χ1n) is 5.85. The minimum absolute atomic E-state index is 0.198. The van der Waals surface area contributed by atoms with Gasteiger partial charge in [-0.1, -0.05) is 0 Å². The van der Waals surface area contributed by atoms with E-state index in [-0.39, 0.29) is 5.82 Å². The Bertz CT molecular complexity index is 594. The summed E-state index contributed by atoms with van der Waals surface area (Å²) in [7, 11) is 2.98. The molecular weight excluding hydrogens is 244 g/mol. The van der Waals surface area contributed by atoms with Gasteiger partial charge in [-0.3, -0.25) is 0 Å². The van der Waals surface area contributed by atoms with Gasteiger partial charge in [-0.15, -0.1) is 0 Å². The topological polar surface area (TPSA) is 64.2 Å². The van der Waals surface area contributed by atoms with Gasteiger partial charge in [0.15, 0.2) is 0 Å². The number of aromatic amines is 1. The molecule has 0 saturated carbocycles. The lowest BCUT2D eigenvalue weighted by Crippen LogP contribution is -2.03. The van der Waals surface area contributed by atoms with Gasteiger partial charge >= 0.3 is 5.97 Å². The predicted molar refractivity (Wildman–Crippen MR) is 71.4 cm³/mol. The van der Waals surface area contributed by atoms with E-state index in [1.165, 1.54) is 7.11 Å². The largest absolute Gasteiger partial charge is 0.496 e. The first-order valence-corrected chi connectivity index (χ1v) is 5.85. The van der Waals surface area contributed by atoms with E-state index < -0.39 is 5.97 Å². The fourth-order valence-corrected chi connectivity index (χ4v) is 2.10. The van der Waals surface area contributed by atoms with Crippen LogP contribution in [0.4, 0.5) is 0 Å². The number of aromatic nitrogens is 2. The predicted octanol–water partition coefficient (Wildman–Crippen LogP) is 2.49. The van der Waals surface area contributed by atoms with Crippen LogP contribution in [0.2, 0.25) is 0 Å². The zero-order valence-electron chi connectivity index (χ0n) is 11.4. The number of carbonyl (C=O) groups is 1. The number of aryl methyl sites for hydroxylation is 2. The number of ether oxygens (including phenoxy) is 2. The fourth-order valence-electron chi connectivity index (χ4n) is 2.10. The molecule has 2 rings (SSSR count). The molecule has 0 spiro atoms. The van der Waals surface area contributed by atoms with Gasteiger partial charge in [-0.25, -0.2) is 9.78 Å². The highest BCUT2D eigenvalue weighted by Gasteiger charge is 2.13. The van der Waals surface area contributed by atoms with Crippen molar-refractivity contribution in [3.63, 3.8) is 0 Å². The maximum Gasteiger partial charge on any atom is 0.374 e. The number of carbonyl (C=O) groups excluding carboxylic acids is 1. The van der Waals surface area contributed by atoms with E-state index in [1.54, 1.807) is 13.3 Å². The lowest BCUT2D eigenvalue weighted by molar-refractivity contribution is 0.0588. The van der Waals surface area contributed by atoms with E-state index in [4.69, 9.17) is 4.74 Å². The van der Waals surface area contributed by atoms with Crippen LogP contribution in [-0.2, 0) is 4.74 Å². The van der Waals surface area contributed by atoms with Gasteiger partial charge in [-0.2, -0.15) is 0 Å². The molecule has 0 aliphatic carbocycles. The molecule has 5 heteroatoms. The zero-order chi connectivity index (χ0) is 14.0. The third-order valence-corrected chi connectivity index (χ3v) is 2.93. The lowest BCUT2D eigenvalue weighted by atomic mass is 10.0. The molecule has 0 aliphatic heterocycles. The van der Waals surface area contributed by atoms with Crippen LogP contribution in [-0.4, -0.2) is 30.2 Å². The SMILES string of the molecule is COC(=O)c1ncc(-c2cc(C)c(OC)c(C)c2)[nH]1. The van der Waals surface area contributed by atoms with E-state index in [1.807, 2.05) is 26.0 Å². The molecule has 1 N–H and O–H groups in total. The summed E-state index contributed by atoms with van der Waals surface area (Å²) < 4.78 is 9.94. The molecule has 0 radical (unpaired) electrons. The number of rotatable bonds is 3. The molecule has 5 nitrogen and oxygen atoms in total. The van der Waals surface area contributed by atoms with Crippen LogP contribution in [0, 0.1) is 13.8 Å². The average molecular weight is 260 g/mol. The summed E-state index contributed by atoms with van der Waals surface area (Å²) in [6.45, 7) is 3.96. The van der Waals surface area contributed by atoms with E-state index in [0.29, 0.717) is 0 Å². The number of hydrogen-bond donors (Lipinski definition) is 1. The van der Waals surface area contributed by atoms with Gasteiger partial charge < -0.3 is 14.5 Å². The molecule has 0 fully saturated rings. The number of hydrogen-bond acceptors (Lipinski definition) is 4. The summed E-state index contributed by atoms with van der Waals surface area (Å²) in [5.41, 5.74) is 3.80. The Labute approximate surface area is 111 Å². The number of esters is 1. The van der Waals surface area contributed by atoms with Gasteiger partial charge in [0, 0.05) is 5.56 Å². The minimum atomic E-state index is -0.479. The number of methoxy groups -OCH3 is 2. The first kappa shape index (κ1) is 13.1. The van der Waals surface area contributed by atoms with Crippen LogP contribution in [0.25, 0.3) is 11.3 Å². The molecule has 1 heterocycles. The number of H-pyrrole nitrogens is 1. The summed E-state index contributed by atoms with van der Waals surface area (Å²) >= 11 is 0. The molecule has 2 aromatic rings. The van der Waals surface area contributed by atoms with Crippen LogP contribution in [0.5, 0.6) is 5.75 Å². The number of imidazole rings is 1. The van der Waals surface area contributed by atoms with Crippen molar-refractivity contribution in [2.24, 2.45) is 0 Å². The Morgan fingerprint density at radius 2 is 1.84 bits per heavy atom. The second-order valence-corrected chi connectivity index (χ2v) is 4.28. The maximum atomic E-state index is 11.4. The van der Waals surface area contributed by atoms with Crippen LogP contribution < -0.4 is 4.74 Å². The third kappa shape index (κ3) is 2.45. The van der Waals surface area contributed by atoms with Crippen LogP contribution >= 0.6 is 0 Å². The summed E-state index contributed by atoms with van der Waals surface area (Å²) in [5, 5.41) is 0. The second kappa shape index (κ2) is 5.14. The summed E-state index contributed by atoms with van der Waals surface area (Å²) in [4.78, 5) is 18.3. The zero-order valence-corrected chi connectivity index (χ0v) is 11.4. The summed E-state index contributed by atoms with van der Waals surface area (Å²) in [6, 6.07) is 3.97. The minimum Gasteiger partial charge on any atom is -0.496 e. The molecule has 1 aromatic heterocycles. The molecule has 0 bridgehead atoms. The van der Waals surface area contributed by atoms with Crippen molar-refractivity contribution in [3.8, 4) is 17.0 Å². The van der Waals surface area contributed by atoms with Crippen LogP contribution in [0.3, 0.4) is 0 Å². The van der Waals surface area contributed by atoms with Gasteiger partial charge in [0.1, 0.15) is 5.75 Å². The van der Waals surface area contributed by atoms with Crippen molar-refractivity contribution >= 4 is 5.97 Å². The molecule has 1 aromatic carbocycles. The fraction of sp³-hybridized carbons (Fsp3) is 0.286. The van der Waals surface area contributed by atoms with E-state index in [2.05, 4.69) is 14.7 Å². The second-order valence-electron chi connectivity index (χ2n) is 4.28. The van der Waals surface area contributed by atoms with Gasteiger partial charge in [0.05, 0.1) is 26.1 Å². The molecule has 0 saturated heterocycles. The van der Waals surface area contributed by atoms with Crippen LogP contribution in [0.1, 0.15) is 21.7 Å². The number of benzene rings is 1. The highest BCUT2D eigenvalue weighted by molar-refractivity contribution is 5.86. The smallest absolute Gasteiger partial charge is 0.374 e. The highest BCUT2D eigenvalue weighted by atomic mass is 16.5. The number of nitrogens with zero attached hydrogens (tertiary/aromatic N) is 1. The summed E-state index contributed by atoms with van der Waals surface area (Å²) in [6.07, 6.45) is 1.62. The Morgan fingerprint density at radius 3 is 2.37 bits per heavy atom. The quantitative estimate of drug-likeness (QED) is 0.861. The molecule has 19 heavy (non-hydrogen) atoms. The molecule has 100 valence electrons. The molecule has 0 amide bonds. The van der Waals surface area contributed by atoms with E-state index in [9.17, 15) is 4.79 Å². The first-order chi connectivity index (χ1) is 9.06. The Morgan fingerprint density at radius 1 is 1.21 bits per heavy atom. The highest BCUT2D eigenvalue weighted by Crippen LogP contribution is 2.29. The van der Waals surface area contributed by atoms with Crippen molar-refractivity contribution in [1.82, 2.24) is 9.97 Å². The van der Waals surface area contributed by atoms with Gasteiger partial charge in [-0.05, 0) is 37.1 Å². The number of nitrogens with one attached hydrogen (secondary N) is 1. The van der Waals surface area contributed by atoms with E-state index in [0.717, 1.165) is 28.1 Å². The van der Waals surface area contributed by atoms with Crippen molar-refractivity contribution in [1.29, 1.82) is 0 Å². The van der Waals surface area contributed by atoms with Crippen molar-refractivity contribution < 1.29 is 14.3 Å². The standard InChI is InChI=1S/C14H16N2O3/c1-8-5-10(6-9(2)12(8)18-3)11-7-15-13(16-11)14(17)19-4/h5-7H,1-4H3,(H,15,16). The maximum absolute atomic E-state index is 11.4. The lowest BCUT2D eigenvalue weighted by Gasteiger charge is -2.10. The Balaban J connectivity index is 2.42. The third-order valence-electron chi connectivity index (χ3n) is 2.93. The monoisotopic (exact) mass is 260 g/mol. The van der Waals surface area contributed by atoms with E-state index >= 15 is 0 Å². The van der Waals surface area contributed by atoms with Crippen molar-refractivity contribution in [2.45, 2.75) is 13.8 Å². The van der Waals surface area contributed by atoms with Crippen molar-refractivity contribution in [3.05, 3.63) is 35.3 Å². The Kier molecular flexibility index (Phi) is 3.55. The van der Waals surface area contributed by atoms with Crippen LogP contribution in [0.15, 0.2) is 18.3 Å². The molecular formula is C14H16N2O3. The van der Waals surface area contributed by atoms with Crippen molar-refractivity contribution in [2.75, 3.05) is 14.2 Å². The normalized spacial score (nSPS) is 10.3. The summed E-state index contributed by atoms with van der Waals surface area (Å²) in [5.74, 6) is 0.591. The van der Waals surface area contributed by atoms with Gasteiger partial charge in [0.25, 0.3) is 0 Å². The van der Waals surface area contributed by atoms with Gasteiger partial charge in [0.2, 0.25) is 5.82 Å². The average Bonchev–Trinajstić information content (AvgIpc) is 2.87. The Hall–Kier alpha value is -2.30. The molecule has 0 aliphatic rings.